The predicted octanol–water partition coefficient (Wildman–Crippen LogP) is 2.97. The van der Waals surface area contributed by atoms with E-state index < -0.39 is 32.1 Å². The van der Waals surface area contributed by atoms with E-state index >= 15 is 0 Å². The third-order valence-corrected chi connectivity index (χ3v) is 6.60. The van der Waals surface area contributed by atoms with Gasteiger partial charge in [-0.2, -0.15) is 0 Å². The lowest BCUT2D eigenvalue weighted by atomic mass is 10.2. The molecule has 0 radical (unpaired) electrons. The van der Waals surface area contributed by atoms with Crippen LogP contribution in [0.5, 0.6) is 0 Å². The first-order chi connectivity index (χ1) is 14.1. The first-order valence-electron chi connectivity index (χ1n) is 9.80. The van der Waals surface area contributed by atoms with Gasteiger partial charge in [0.2, 0.25) is 20.0 Å². The van der Waals surface area contributed by atoms with Crippen LogP contribution in [0.25, 0.3) is 0 Å². The number of benzene rings is 1. The van der Waals surface area contributed by atoms with Crippen LogP contribution < -0.4 is 20.1 Å². The SMILES string of the molecule is CCCCCS(=O)(=O)NC(=O)Nc1ccccc1NC(=O)NS(=O)(=O)CCCCC. The van der Waals surface area contributed by atoms with E-state index in [1.807, 2.05) is 23.3 Å². The molecule has 0 fully saturated rings. The average Bonchev–Trinajstić information content (AvgIpc) is 2.62. The Balaban J connectivity index is 2.71. The Morgan fingerprint density at radius 3 is 1.40 bits per heavy atom. The molecule has 0 unspecified atom stereocenters. The summed E-state index contributed by atoms with van der Waals surface area (Å²) >= 11 is 0. The summed E-state index contributed by atoms with van der Waals surface area (Å²) in [7, 11) is -7.57. The molecule has 0 aliphatic rings. The third-order valence-electron chi connectivity index (χ3n) is 3.95. The van der Waals surface area contributed by atoms with Crippen LogP contribution in [0.4, 0.5) is 21.0 Å². The highest BCUT2D eigenvalue weighted by Crippen LogP contribution is 2.21. The number of hydrogen-bond donors (Lipinski definition) is 4. The number of urea groups is 2. The smallest absolute Gasteiger partial charge is 0.305 e. The number of amides is 4. The Morgan fingerprint density at radius 2 is 1.07 bits per heavy atom. The van der Waals surface area contributed by atoms with Gasteiger partial charge in [0.15, 0.2) is 0 Å². The van der Waals surface area contributed by atoms with Gasteiger partial charge >= 0.3 is 12.1 Å². The van der Waals surface area contributed by atoms with Gasteiger partial charge in [-0.1, -0.05) is 51.7 Å². The Morgan fingerprint density at radius 1 is 0.700 bits per heavy atom. The molecule has 0 atom stereocenters. The highest BCUT2D eigenvalue weighted by Gasteiger charge is 2.18. The summed E-state index contributed by atoms with van der Waals surface area (Å²) in [4.78, 5) is 24.1. The Hall–Kier alpha value is -2.34. The van der Waals surface area contributed by atoms with Crippen molar-refractivity contribution >= 4 is 43.5 Å². The molecule has 170 valence electrons. The van der Waals surface area contributed by atoms with Crippen molar-refractivity contribution in [2.45, 2.75) is 52.4 Å². The fourth-order valence-electron chi connectivity index (χ4n) is 2.47. The minimum atomic E-state index is -3.79. The molecule has 0 aliphatic carbocycles. The van der Waals surface area contributed by atoms with E-state index in [0.29, 0.717) is 12.8 Å². The lowest BCUT2D eigenvalue weighted by Crippen LogP contribution is -2.37. The van der Waals surface area contributed by atoms with Crippen LogP contribution in [0.2, 0.25) is 0 Å². The molecular formula is C18H30N4O6S2. The molecule has 0 bridgehead atoms. The predicted molar refractivity (Wildman–Crippen MR) is 117 cm³/mol. The van der Waals surface area contributed by atoms with E-state index in [-0.39, 0.29) is 22.9 Å². The highest BCUT2D eigenvalue weighted by atomic mass is 32.2. The molecule has 1 aromatic rings. The molecule has 0 spiro atoms. The van der Waals surface area contributed by atoms with E-state index in [1.54, 1.807) is 12.1 Å². The third kappa shape index (κ3) is 10.4. The van der Waals surface area contributed by atoms with Crippen LogP contribution in [-0.4, -0.2) is 40.4 Å². The number of nitrogens with one attached hydrogen (secondary N) is 4. The fourth-order valence-corrected chi connectivity index (χ4v) is 4.50. The van der Waals surface area contributed by atoms with Crippen molar-refractivity contribution in [3.63, 3.8) is 0 Å². The normalized spacial score (nSPS) is 11.5. The van der Waals surface area contributed by atoms with E-state index in [2.05, 4.69) is 10.6 Å². The molecule has 4 N–H and O–H groups in total. The van der Waals surface area contributed by atoms with Gasteiger partial charge in [0.25, 0.3) is 0 Å². The second-order valence-electron chi connectivity index (χ2n) is 6.71. The monoisotopic (exact) mass is 462 g/mol. The molecule has 0 aromatic heterocycles. The lowest BCUT2D eigenvalue weighted by Gasteiger charge is -2.14. The highest BCUT2D eigenvalue weighted by molar-refractivity contribution is 7.90. The quantitative estimate of drug-likeness (QED) is 0.351. The summed E-state index contributed by atoms with van der Waals surface area (Å²) in [6, 6.07) is 4.05. The second kappa shape index (κ2) is 12.4. The molecule has 0 aliphatic heterocycles. The van der Waals surface area contributed by atoms with Gasteiger partial charge in [-0.05, 0) is 25.0 Å². The van der Waals surface area contributed by atoms with Gasteiger partial charge in [-0.3, -0.25) is 0 Å². The standard InChI is InChI=1S/C18H30N4O6S2/c1-3-5-9-13-29(25,26)21-17(23)19-15-11-7-8-12-16(15)20-18(24)22-30(27,28)14-10-6-4-2/h7-8,11-12H,3-6,9-10,13-14H2,1-2H3,(H2,19,21,23)(H2,20,22,24). The molecule has 1 rings (SSSR count). The van der Waals surface area contributed by atoms with Crippen LogP contribution in [0.3, 0.4) is 0 Å². The van der Waals surface area contributed by atoms with Gasteiger partial charge < -0.3 is 10.6 Å². The maximum Gasteiger partial charge on any atom is 0.332 e. The summed E-state index contributed by atoms with van der Waals surface area (Å²) in [5.41, 5.74) is 0.217. The summed E-state index contributed by atoms with van der Waals surface area (Å²) in [5, 5.41) is 4.69. The summed E-state index contributed by atoms with van der Waals surface area (Å²) < 4.78 is 51.5. The van der Waals surface area contributed by atoms with Crippen LogP contribution in [-0.2, 0) is 20.0 Å². The van der Waals surface area contributed by atoms with Crippen molar-refractivity contribution in [2.75, 3.05) is 22.1 Å². The van der Waals surface area contributed by atoms with Crippen LogP contribution in [0.15, 0.2) is 24.3 Å². The molecule has 4 amide bonds. The number of sulfonamides is 2. The average molecular weight is 463 g/mol. The Bertz CT molecular complexity index is 841. The summed E-state index contributed by atoms with van der Waals surface area (Å²) in [5.74, 6) is -0.348. The van der Waals surface area contributed by atoms with Crippen molar-refractivity contribution in [1.82, 2.24) is 9.44 Å². The van der Waals surface area contributed by atoms with Gasteiger partial charge in [0, 0.05) is 0 Å². The Labute approximate surface area is 178 Å². The molecular weight excluding hydrogens is 432 g/mol. The van der Waals surface area contributed by atoms with E-state index in [0.717, 1.165) is 25.7 Å². The summed E-state index contributed by atoms with van der Waals surface area (Å²) in [6.45, 7) is 3.87. The number of carbonyl (C=O) groups is 2. The van der Waals surface area contributed by atoms with Crippen molar-refractivity contribution in [3.05, 3.63) is 24.3 Å². The molecule has 1 aromatic carbocycles. The van der Waals surface area contributed by atoms with Crippen LogP contribution in [0.1, 0.15) is 52.4 Å². The Kier molecular flexibility index (Phi) is 10.6. The largest absolute Gasteiger partial charge is 0.332 e. The maximum atomic E-state index is 12.0. The zero-order chi connectivity index (χ0) is 22.6. The van der Waals surface area contributed by atoms with Crippen LogP contribution >= 0.6 is 0 Å². The van der Waals surface area contributed by atoms with Gasteiger partial charge in [0.05, 0.1) is 22.9 Å². The minimum Gasteiger partial charge on any atom is -0.305 e. The van der Waals surface area contributed by atoms with Gasteiger partial charge in [-0.15, -0.1) is 0 Å². The number of unbranched alkanes of at least 4 members (excludes halogenated alkanes) is 4. The van der Waals surface area contributed by atoms with Crippen molar-refractivity contribution in [1.29, 1.82) is 0 Å². The summed E-state index contributed by atoms with van der Waals surface area (Å²) in [6.07, 6.45) is 4.01. The zero-order valence-corrected chi connectivity index (χ0v) is 18.9. The molecule has 0 heterocycles. The first kappa shape index (κ1) is 25.7. The molecule has 10 nitrogen and oxygen atoms in total. The number of para-hydroxylation sites is 2. The van der Waals surface area contributed by atoms with Crippen molar-refractivity contribution < 1.29 is 26.4 Å². The topological polar surface area (TPSA) is 151 Å². The van der Waals surface area contributed by atoms with Crippen LogP contribution in [0, 0.1) is 0 Å². The van der Waals surface area contributed by atoms with Crippen molar-refractivity contribution in [2.24, 2.45) is 0 Å². The molecule has 12 heteroatoms. The maximum absolute atomic E-state index is 12.0. The van der Waals surface area contributed by atoms with Gasteiger partial charge in [0.1, 0.15) is 0 Å². The van der Waals surface area contributed by atoms with E-state index in [4.69, 9.17) is 0 Å². The molecule has 0 saturated carbocycles. The number of rotatable bonds is 12. The second-order valence-corrected chi connectivity index (χ2v) is 10.4. The minimum absolute atomic E-state index is 0.109. The van der Waals surface area contributed by atoms with Crippen molar-refractivity contribution in [3.8, 4) is 0 Å². The first-order valence-corrected chi connectivity index (χ1v) is 13.1. The van der Waals surface area contributed by atoms with E-state index in [9.17, 15) is 26.4 Å². The number of anilines is 2. The number of carbonyl (C=O) groups excluding carboxylic acids is 2. The zero-order valence-electron chi connectivity index (χ0n) is 17.2. The molecule has 0 saturated heterocycles. The number of hydrogen-bond acceptors (Lipinski definition) is 6. The van der Waals surface area contributed by atoms with E-state index in [1.165, 1.54) is 12.1 Å². The van der Waals surface area contributed by atoms with Gasteiger partial charge in [-0.25, -0.2) is 35.9 Å². The molecule has 30 heavy (non-hydrogen) atoms. The lowest BCUT2D eigenvalue weighted by molar-refractivity contribution is 0.255. The fraction of sp³-hybridized carbons (Fsp3) is 0.556.